The molecule has 0 spiro atoms. The van der Waals surface area contributed by atoms with Gasteiger partial charge < -0.3 is 0 Å². The Hall–Kier alpha value is -1.62. The summed E-state index contributed by atoms with van der Waals surface area (Å²) in [5.74, 6) is -6.71. The normalized spacial score (nSPS) is 12.5. The van der Waals surface area contributed by atoms with Crippen molar-refractivity contribution >= 4 is 11.6 Å². The molecule has 0 saturated carbocycles. The molecule has 100 valence electrons. The van der Waals surface area contributed by atoms with Crippen LogP contribution in [0, 0.1) is 29.1 Å². The van der Waals surface area contributed by atoms with Crippen LogP contribution in [-0.4, -0.2) is 0 Å². The fourth-order valence-electron chi connectivity index (χ4n) is 1.59. The van der Waals surface area contributed by atoms with Gasteiger partial charge in [-0.2, -0.15) is 0 Å². The highest BCUT2D eigenvalue weighted by Gasteiger charge is 2.21. The second kappa shape index (κ2) is 5.17. The molecule has 0 fully saturated rings. The molecule has 0 saturated heterocycles. The van der Waals surface area contributed by atoms with E-state index in [1.165, 1.54) is 0 Å². The predicted molar refractivity (Wildman–Crippen MR) is 60.4 cm³/mol. The van der Waals surface area contributed by atoms with Crippen LogP contribution in [0.1, 0.15) is 16.5 Å². The lowest BCUT2D eigenvalue weighted by molar-refractivity contribution is 0.441. The molecule has 0 amide bonds. The van der Waals surface area contributed by atoms with Crippen molar-refractivity contribution in [1.82, 2.24) is 0 Å². The summed E-state index contributed by atoms with van der Waals surface area (Å²) in [6.07, 6.45) is 0. The summed E-state index contributed by atoms with van der Waals surface area (Å²) < 4.78 is 65.2. The van der Waals surface area contributed by atoms with E-state index in [1.807, 2.05) is 0 Å². The lowest BCUT2D eigenvalue weighted by Gasteiger charge is -2.12. The molecule has 0 nitrogen and oxygen atoms in total. The van der Waals surface area contributed by atoms with Gasteiger partial charge in [0.15, 0.2) is 29.1 Å². The first-order chi connectivity index (χ1) is 8.91. The van der Waals surface area contributed by atoms with Crippen molar-refractivity contribution in [2.45, 2.75) is 5.38 Å². The number of alkyl halides is 1. The maximum atomic E-state index is 13.5. The minimum atomic E-state index is -1.66. The van der Waals surface area contributed by atoms with Gasteiger partial charge in [-0.1, -0.05) is 12.1 Å². The highest BCUT2D eigenvalue weighted by molar-refractivity contribution is 6.22. The Bertz CT molecular complexity index is 627. The van der Waals surface area contributed by atoms with Crippen molar-refractivity contribution in [1.29, 1.82) is 0 Å². The molecule has 0 aromatic heterocycles. The summed E-state index contributed by atoms with van der Waals surface area (Å²) in [6.45, 7) is 0. The van der Waals surface area contributed by atoms with Crippen molar-refractivity contribution in [3.8, 4) is 0 Å². The van der Waals surface area contributed by atoms with Crippen molar-refractivity contribution in [3.05, 3.63) is 70.5 Å². The van der Waals surface area contributed by atoms with Gasteiger partial charge in [-0.3, -0.25) is 0 Å². The summed E-state index contributed by atoms with van der Waals surface area (Å²) >= 11 is 5.87. The zero-order chi connectivity index (χ0) is 14.2. The third kappa shape index (κ3) is 2.56. The van der Waals surface area contributed by atoms with E-state index < -0.39 is 34.5 Å². The molecule has 0 aliphatic heterocycles. The Labute approximate surface area is 110 Å². The molecule has 0 N–H and O–H groups in total. The third-order valence-electron chi connectivity index (χ3n) is 2.57. The lowest BCUT2D eigenvalue weighted by Crippen LogP contribution is -2.02. The minimum Gasteiger partial charge on any atom is -0.204 e. The molecule has 2 aromatic carbocycles. The van der Waals surface area contributed by atoms with Crippen LogP contribution in [-0.2, 0) is 0 Å². The zero-order valence-corrected chi connectivity index (χ0v) is 9.99. The van der Waals surface area contributed by atoms with Crippen LogP contribution in [0.4, 0.5) is 22.0 Å². The average molecular weight is 293 g/mol. The molecule has 0 aliphatic carbocycles. The first-order valence-electron chi connectivity index (χ1n) is 5.14. The number of benzene rings is 2. The number of hydrogen-bond donors (Lipinski definition) is 0. The fourth-order valence-corrected chi connectivity index (χ4v) is 1.89. The van der Waals surface area contributed by atoms with E-state index in [0.717, 1.165) is 24.3 Å². The maximum Gasteiger partial charge on any atom is 0.194 e. The molecule has 0 bridgehead atoms. The monoisotopic (exact) mass is 292 g/mol. The molecule has 0 heterocycles. The van der Waals surface area contributed by atoms with Crippen LogP contribution in [0.3, 0.4) is 0 Å². The molecule has 0 radical (unpaired) electrons. The second-order valence-corrected chi connectivity index (χ2v) is 4.24. The second-order valence-electron chi connectivity index (χ2n) is 3.80. The Morgan fingerprint density at radius 1 is 0.737 bits per heavy atom. The average Bonchev–Trinajstić information content (AvgIpc) is 2.39. The zero-order valence-electron chi connectivity index (χ0n) is 9.23. The molecule has 19 heavy (non-hydrogen) atoms. The molecule has 0 aliphatic rings. The molecular formula is C13H6ClF5. The summed E-state index contributed by atoms with van der Waals surface area (Å²) in [5.41, 5.74) is -0.322. The third-order valence-corrected chi connectivity index (χ3v) is 3.06. The summed E-state index contributed by atoms with van der Waals surface area (Å²) in [4.78, 5) is 0. The van der Waals surface area contributed by atoms with E-state index in [4.69, 9.17) is 11.6 Å². The molecule has 1 atom stereocenters. The van der Waals surface area contributed by atoms with Crippen molar-refractivity contribution in [3.63, 3.8) is 0 Å². The number of halogens is 6. The van der Waals surface area contributed by atoms with Gasteiger partial charge in [-0.15, -0.1) is 11.6 Å². The van der Waals surface area contributed by atoms with Gasteiger partial charge in [-0.25, -0.2) is 22.0 Å². The number of hydrogen-bond acceptors (Lipinski definition) is 0. The van der Waals surface area contributed by atoms with E-state index in [9.17, 15) is 22.0 Å². The maximum absolute atomic E-state index is 13.5. The lowest BCUT2D eigenvalue weighted by atomic mass is 10.0. The summed E-state index contributed by atoms with van der Waals surface area (Å²) in [7, 11) is 0. The first-order valence-corrected chi connectivity index (χ1v) is 5.58. The van der Waals surface area contributed by atoms with Crippen LogP contribution in [0.5, 0.6) is 0 Å². The van der Waals surface area contributed by atoms with E-state index in [2.05, 4.69) is 0 Å². The summed E-state index contributed by atoms with van der Waals surface area (Å²) in [6, 6.07) is 4.39. The Kier molecular flexibility index (Phi) is 3.75. The van der Waals surface area contributed by atoms with Crippen molar-refractivity contribution in [2.24, 2.45) is 0 Å². The van der Waals surface area contributed by atoms with Crippen LogP contribution in [0.15, 0.2) is 30.3 Å². The molecule has 6 heteroatoms. The first kappa shape index (κ1) is 13.8. The Balaban J connectivity index is 2.47. The van der Waals surface area contributed by atoms with Gasteiger partial charge in [0.2, 0.25) is 0 Å². The van der Waals surface area contributed by atoms with Crippen LogP contribution in [0.25, 0.3) is 0 Å². The quantitative estimate of drug-likeness (QED) is 0.427. The van der Waals surface area contributed by atoms with Crippen LogP contribution < -0.4 is 0 Å². The highest BCUT2D eigenvalue weighted by Crippen LogP contribution is 2.32. The minimum absolute atomic E-state index is 0.0328. The van der Waals surface area contributed by atoms with Gasteiger partial charge in [0.25, 0.3) is 0 Å². The topological polar surface area (TPSA) is 0 Å². The van der Waals surface area contributed by atoms with E-state index in [1.54, 1.807) is 0 Å². The van der Waals surface area contributed by atoms with Gasteiger partial charge in [0.1, 0.15) is 0 Å². The van der Waals surface area contributed by atoms with Crippen molar-refractivity contribution < 1.29 is 22.0 Å². The van der Waals surface area contributed by atoms with E-state index in [0.29, 0.717) is 6.07 Å². The van der Waals surface area contributed by atoms with Gasteiger partial charge >= 0.3 is 0 Å². The highest BCUT2D eigenvalue weighted by atomic mass is 35.5. The molecule has 2 aromatic rings. The number of rotatable bonds is 2. The predicted octanol–water partition coefficient (Wildman–Crippen LogP) is 4.71. The van der Waals surface area contributed by atoms with E-state index in [-0.39, 0.29) is 11.1 Å². The van der Waals surface area contributed by atoms with E-state index >= 15 is 0 Å². The smallest absolute Gasteiger partial charge is 0.194 e. The fraction of sp³-hybridized carbons (Fsp3) is 0.0769. The van der Waals surface area contributed by atoms with Crippen molar-refractivity contribution in [2.75, 3.05) is 0 Å². The molecule has 2 rings (SSSR count). The van der Waals surface area contributed by atoms with Gasteiger partial charge in [-0.05, 0) is 23.8 Å². The molecular weight excluding hydrogens is 287 g/mol. The Morgan fingerprint density at radius 3 is 2.00 bits per heavy atom. The van der Waals surface area contributed by atoms with Crippen LogP contribution in [0.2, 0.25) is 0 Å². The standard InChI is InChI=1S/C13H6ClF5/c14-11(6-1-3-8(15)10(17)5-6)7-2-4-9(16)13(19)12(7)18/h1-5,11H. The largest absolute Gasteiger partial charge is 0.204 e. The summed E-state index contributed by atoms with van der Waals surface area (Å²) in [5, 5.41) is -1.26. The molecule has 1 unspecified atom stereocenters. The van der Waals surface area contributed by atoms with Gasteiger partial charge in [0.05, 0.1) is 5.38 Å². The van der Waals surface area contributed by atoms with Gasteiger partial charge in [0, 0.05) is 5.56 Å². The van der Waals surface area contributed by atoms with Crippen LogP contribution >= 0.6 is 11.6 Å². The Morgan fingerprint density at radius 2 is 1.37 bits per heavy atom. The SMILES string of the molecule is Fc1ccc(C(Cl)c2ccc(F)c(F)c2F)cc1F.